The molecular formula is C21H20FNO3. The summed E-state index contributed by atoms with van der Waals surface area (Å²) in [5, 5.41) is 9.20. The lowest BCUT2D eigenvalue weighted by atomic mass is 9.84. The van der Waals surface area contributed by atoms with E-state index in [4.69, 9.17) is 0 Å². The quantitative estimate of drug-likeness (QED) is 0.850. The van der Waals surface area contributed by atoms with E-state index >= 15 is 0 Å². The van der Waals surface area contributed by atoms with E-state index in [1.807, 2.05) is 18.2 Å². The molecule has 2 aromatic rings. The van der Waals surface area contributed by atoms with Crippen molar-refractivity contribution in [1.29, 1.82) is 0 Å². The molecule has 0 aliphatic carbocycles. The van der Waals surface area contributed by atoms with Gasteiger partial charge in [0.1, 0.15) is 5.82 Å². The zero-order valence-corrected chi connectivity index (χ0v) is 14.3. The molecule has 1 aliphatic heterocycles. The van der Waals surface area contributed by atoms with Gasteiger partial charge in [-0.15, -0.1) is 0 Å². The van der Waals surface area contributed by atoms with E-state index in [0.717, 1.165) is 0 Å². The molecule has 2 aromatic carbocycles. The molecule has 1 aliphatic rings. The van der Waals surface area contributed by atoms with Gasteiger partial charge in [-0.25, -0.2) is 9.18 Å². The van der Waals surface area contributed by atoms with Crippen LogP contribution in [0.4, 0.5) is 4.39 Å². The molecule has 1 saturated heterocycles. The van der Waals surface area contributed by atoms with Crippen molar-refractivity contribution in [3.05, 3.63) is 77.6 Å². The molecular weight excluding hydrogens is 333 g/mol. The van der Waals surface area contributed by atoms with Gasteiger partial charge in [-0.2, -0.15) is 0 Å². The van der Waals surface area contributed by atoms with E-state index in [2.05, 4.69) is 0 Å². The van der Waals surface area contributed by atoms with Crippen molar-refractivity contribution in [1.82, 2.24) is 4.90 Å². The Morgan fingerprint density at radius 2 is 1.58 bits per heavy atom. The maximum absolute atomic E-state index is 13.2. The molecule has 26 heavy (non-hydrogen) atoms. The molecule has 1 fully saturated rings. The average Bonchev–Trinajstić information content (AvgIpc) is 2.67. The van der Waals surface area contributed by atoms with Crippen molar-refractivity contribution in [2.24, 2.45) is 5.92 Å². The fourth-order valence-corrected chi connectivity index (χ4v) is 3.37. The van der Waals surface area contributed by atoms with Crippen molar-refractivity contribution >= 4 is 17.4 Å². The van der Waals surface area contributed by atoms with E-state index in [1.165, 1.54) is 18.2 Å². The second-order valence-corrected chi connectivity index (χ2v) is 6.38. The van der Waals surface area contributed by atoms with Crippen LogP contribution in [0.25, 0.3) is 5.57 Å². The van der Waals surface area contributed by atoms with Gasteiger partial charge in [0.15, 0.2) is 0 Å². The third-order valence-corrected chi connectivity index (χ3v) is 4.70. The summed E-state index contributed by atoms with van der Waals surface area (Å²) in [7, 11) is 0. The number of amides is 1. The number of nitrogens with zero attached hydrogens (tertiary/aromatic N) is 1. The van der Waals surface area contributed by atoms with Crippen LogP contribution < -0.4 is 0 Å². The van der Waals surface area contributed by atoms with Gasteiger partial charge >= 0.3 is 5.97 Å². The van der Waals surface area contributed by atoms with Gasteiger partial charge < -0.3 is 10.0 Å². The number of carboxylic acid groups (broad SMARTS) is 1. The summed E-state index contributed by atoms with van der Waals surface area (Å²) >= 11 is 0. The Labute approximate surface area is 151 Å². The van der Waals surface area contributed by atoms with Crippen LogP contribution in [0.15, 0.2) is 60.7 Å². The molecule has 1 heterocycles. The second-order valence-electron chi connectivity index (χ2n) is 6.38. The lowest BCUT2D eigenvalue weighted by molar-refractivity contribution is -0.131. The van der Waals surface area contributed by atoms with Gasteiger partial charge in [-0.1, -0.05) is 30.3 Å². The third-order valence-electron chi connectivity index (χ3n) is 4.70. The van der Waals surface area contributed by atoms with E-state index in [-0.39, 0.29) is 17.6 Å². The Kier molecular flexibility index (Phi) is 5.46. The SMILES string of the molecule is O=C(O)/C=C(\c1ccc(F)cc1)C1CCN(C(=O)c2ccccc2)CC1. The highest BCUT2D eigenvalue weighted by atomic mass is 19.1. The van der Waals surface area contributed by atoms with Crippen molar-refractivity contribution in [2.75, 3.05) is 13.1 Å². The highest BCUT2D eigenvalue weighted by molar-refractivity contribution is 5.94. The molecule has 4 nitrogen and oxygen atoms in total. The predicted molar refractivity (Wildman–Crippen MR) is 97.1 cm³/mol. The minimum Gasteiger partial charge on any atom is -0.478 e. The number of rotatable bonds is 4. The number of carbonyl (C=O) groups is 2. The zero-order valence-electron chi connectivity index (χ0n) is 14.3. The van der Waals surface area contributed by atoms with Crippen molar-refractivity contribution in [2.45, 2.75) is 12.8 Å². The fraction of sp³-hybridized carbons (Fsp3) is 0.238. The first-order chi connectivity index (χ1) is 12.5. The molecule has 0 saturated carbocycles. The van der Waals surface area contributed by atoms with Gasteiger partial charge in [0, 0.05) is 24.7 Å². The smallest absolute Gasteiger partial charge is 0.328 e. The molecule has 0 radical (unpaired) electrons. The summed E-state index contributed by atoms with van der Waals surface area (Å²) in [6.45, 7) is 1.13. The summed E-state index contributed by atoms with van der Waals surface area (Å²) in [5.41, 5.74) is 2.05. The lowest BCUT2D eigenvalue weighted by Crippen LogP contribution is -2.38. The summed E-state index contributed by atoms with van der Waals surface area (Å²) in [5.74, 6) is -1.36. The van der Waals surface area contributed by atoms with Gasteiger partial charge in [0.25, 0.3) is 5.91 Å². The highest BCUT2D eigenvalue weighted by Gasteiger charge is 2.26. The number of benzene rings is 2. The molecule has 1 N–H and O–H groups in total. The van der Waals surface area contributed by atoms with Crippen LogP contribution in [0.2, 0.25) is 0 Å². The number of piperidine rings is 1. The summed E-state index contributed by atoms with van der Waals surface area (Å²) in [6, 6.07) is 15.0. The topological polar surface area (TPSA) is 57.6 Å². The van der Waals surface area contributed by atoms with Crippen LogP contribution in [0.1, 0.15) is 28.8 Å². The number of aliphatic carboxylic acids is 1. The van der Waals surface area contributed by atoms with Crippen LogP contribution in [0.3, 0.4) is 0 Å². The number of carbonyl (C=O) groups excluding carboxylic acids is 1. The number of likely N-dealkylation sites (tertiary alicyclic amines) is 1. The lowest BCUT2D eigenvalue weighted by Gasteiger charge is -2.33. The van der Waals surface area contributed by atoms with Crippen LogP contribution in [-0.2, 0) is 4.79 Å². The normalized spacial score (nSPS) is 15.7. The standard InChI is InChI=1S/C21H20FNO3/c22-18-8-6-15(7-9-18)19(14-20(24)25)16-10-12-23(13-11-16)21(26)17-4-2-1-3-5-17/h1-9,14,16H,10-13H2,(H,24,25)/b19-14+. The molecule has 0 spiro atoms. The van der Waals surface area contributed by atoms with Gasteiger partial charge in [0.05, 0.1) is 0 Å². The first kappa shape index (κ1) is 17.9. The Morgan fingerprint density at radius 3 is 2.15 bits per heavy atom. The third kappa shape index (κ3) is 4.17. The van der Waals surface area contributed by atoms with Gasteiger partial charge in [-0.05, 0) is 54.2 Å². The zero-order chi connectivity index (χ0) is 18.5. The van der Waals surface area contributed by atoms with E-state index < -0.39 is 5.97 Å². The minimum absolute atomic E-state index is 0.00500. The summed E-state index contributed by atoms with van der Waals surface area (Å²) < 4.78 is 13.2. The summed E-state index contributed by atoms with van der Waals surface area (Å²) in [4.78, 5) is 25.6. The summed E-state index contributed by atoms with van der Waals surface area (Å²) in [6.07, 6.45) is 2.55. The fourth-order valence-electron chi connectivity index (χ4n) is 3.37. The van der Waals surface area contributed by atoms with E-state index in [1.54, 1.807) is 29.2 Å². The Balaban J connectivity index is 1.73. The number of allylic oxidation sites excluding steroid dienone is 1. The molecule has 0 aromatic heterocycles. The van der Waals surface area contributed by atoms with E-state index in [9.17, 15) is 19.1 Å². The number of halogens is 1. The molecule has 3 rings (SSSR count). The number of hydrogen-bond donors (Lipinski definition) is 1. The minimum atomic E-state index is -1.02. The van der Waals surface area contributed by atoms with Crippen molar-refractivity contribution in [3.8, 4) is 0 Å². The predicted octanol–water partition coefficient (Wildman–Crippen LogP) is 3.85. The Hall–Kier alpha value is -2.95. The molecule has 5 heteroatoms. The Bertz CT molecular complexity index is 807. The van der Waals surface area contributed by atoms with Crippen molar-refractivity contribution < 1.29 is 19.1 Å². The Morgan fingerprint density at radius 1 is 0.962 bits per heavy atom. The first-order valence-corrected chi connectivity index (χ1v) is 8.59. The maximum Gasteiger partial charge on any atom is 0.328 e. The number of hydrogen-bond acceptors (Lipinski definition) is 2. The van der Waals surface area contributed by atoms with Crippen LogP contribution >= 0.6 is 0 Å². The average molecular weight is 353 g/mol. The van der Waals surface area contributed by atoms with Crippen LogP contribution in [0, 0.1) is 11.7 Å². The molecule has 134 valence electrons. The molecule has 0 bridgehead atoms. The molecule has 0 atom stereocenters. The monoisotopic (exact) mass is 353 g/mol. The largest absolute Gasteiger partial charge is 0.478 e. The van der Waals surface area contributed by atoms with Gasteiger partial charge in [0.2, 0.25) is 0 Å². The second kappa shape index (κ2) is 7.95. The number of carboxylic acids is 1. The van der Waals surface area contributed by atoms with Crippen LogP contribution in [0.5, 0.6) is 0 Å². The maximum atomic E-state index is 13.2. The molecule has 0 unspecified atom stereocenters. The van der Waals surface area contributed by atoms with Crippen LogP contribution in [-0.4, -0.2) is 35.0 Å². The highest BCUT2D eigenvalue weighted by Crippen LogP contribution is 2.32. The van der Waals surface area contributed by atoms with Crippen molar-refractivity contribution in [3.63, 3.8) is 0 Å². The molecule has 1 amide bonds. The first-order valence-electron chi connectivity index (χ1n) is 8.59. The van der Waals surface area contributed by atoms with E-state index in [0.29, 0.717) is 42.6 Å². The van der Waals surface area contributed by atoms with Gasteiger partial charge in [-0.3, -0.25) is 4.79 Å².